The van der Waals surface area contributed by atoms with Gasteiger partial charge in [0.1, 0.15) is 0 Å². The summed E-state index contributed by atoms with van der Waals surface area (Å²) in [7, 11) is 0. The predicted octanol–water partition coefficient (Wildman–Crippen LogP) is 16.8. The molecule has 0 bridgehead atoms. The van der Waals surface area contributed by atoms with Gasteiger partial charge in [0.25, 0.3) is 0 Å². The van der Waals surface area contributed by atoms with Crippen LogP contribution in [0, 0.1) is 0 Å². The highest BCUT2D eigenvalue weighted by molar-refractivity contribution is 5.95. The second-order valence-electron chi connectivity index (χ2n) is 19.3. The first-order valence-corrected chi connectivity index (χ1v) is 24.5. The zero-order valence-electron chi connectivity index (χ0n) is 38.6. The molecule has 0 nitrogen and oxygen atoms in total. The minimum atomic E-state index is -0.584. The van der Waals surface area contributed by atoms with E-state index in [-0.39, 0.29) is 0 Å². The summed E-state index contributed by atoms with van der Waals surface area (Å²) >= 11 is 0. The van der Waals surface area contributed by atoms with Crippen LogP contribution in [0.2, 0.25) is 0 Å². The number of hydrogen-bond acceptors (Lipinski definition) is 0. The van der Waals surface area contributed by atoms with E-state index in [0.717, 1.165) is 43.2 Å². The van der Waals surface area contributed by atoms with Gasteiger partial charge in [0, 0.05) is 0 Å². The van der Waals surface area contributed by atoms with Crippen LogP contribution in [0.25, 0.3) is 33.4 Å². The van der Waals surface area contributed by atoms with Gasteiger partial charge < -0.3 is 0 Å². The van der Waals surface area contributed by atoms with E-state index in [1.165, 1.54) is 111 Å². The molecule has 0 atom stereocenters. The second-order valence-corrected chi connectivity index (χ2v) is 19.3. The average molecular weight is 869 g/mol. The van der Waals surface area contributed by atoms with Crippen LogP contribution in [0.5, 0.6) is 0 Å². The lowest BCUT2D eigenvalue weighted by molar-refractivity contribution is 0.635. The van der Waals surface area contributed by atoms with E-state index in [2.05, 4.69) is 238 Å². The van der Waals surface area contributed by atoms with E-state index in [9.17, 15) is 0 Å². The van der Waals surface area contributed by atoms with Gasteiger partial charge in [0.05, 0.1) is 10.8 Å². The van der Waals surface area contributed by atoms with Gasteiger partial charge in [-0.25, -0.2) is 0 Å². The van der Waals surface area contributed by atoms with Crippen molar-refractivity contribution >= 4 is 11.1 Å². The maximum absolute atomic E-state index is 4.63. The summed E-state index contributed by atoms with van der Waals surface area (Å²) in [6.45, 7) is 7.05. The summed E-state index contributed by atoms with van der Waals surface area (Å²) in [5, 5.41) is 0. The maximum Gasteiger partial charge on any atom is 0.0720 e. The average Bonchev–Trinajstić information content (AvgIpc) is 4.11. The van der Waals surface area contributed by atoms with Crippen LogP contribution >= 0.6 is 0 Å². The number of benzene rings is 7. The Balaban J connectivity index is 1.15. The first-order chi connectivity index (χ1) is 33.6. The highest BCUT2D eigenvalue weighted by Crippen LogP contribution is 2.68. The summed E-state index contributed by atoms with van der Waals surface area (Å²) in [4.78, 5) is 0. The van der Waals surface area contributed by atoms with Crippen molar-refractivity contribution in [3.8, 4) is 22.3 Å². The molecule has 6 aliphatic carbocycles. The molecule has 0 amide bonds. The van der Waals surface area contributed by atoms with Gasteiger partial charge in [-0.3, -0.25) is 0 Å². The van der Waals surface area contributed by atoms with Crippen molar-refractivity contribution in [3.05, 3.63) is 320 Å². The predicted molar refractivity (Wildman–Crippen MR) is 284 cm³/mol. The first-order valence-electron chi connectivity index (χ1n) is 24.5. The van der Waals surface area contributed by atoms with Crippen LogP contribution in [0.1, 0.15) is 82.7 Å². The minimum Gasteiger partial charge on any atom is -0.0911 e. The van der Waals surface area contributed by atoms with Gasteiger partial charge in [0.15, 0.2) is 0 Å². The van der Waals surface area contributed by atoms with Gasteiger partial charge in [-0.2, -0.15) is 0 Å². The highest BCUT2D eigenvalue weighted by atomic mass is 14.6. The molecule has 7 aromatic rings. The van der Waals surface area contributed by atoms with Crippen molar-refractivity contribution in [3.63, 3.8) is 0 Å². The van der Waals surface area contributed by atoms with Crippen LogP contribution in [-0.2, 0) is 17.3 Å². The van der Waals surface area contributed by atoms with Crippen LogP contribution in [-0.4, -0.2) is 0 Å². The van der Waals surface area contributed by atoms with E-state index in [4.69, 9.17) is 0 Å². The van der Waals surface area contributed by atoms with Gasteiger partial charge in [-0.15, -0.1) is 0 Å². The molecule has 7 aromatic carbocycles. The van der Waals surface area contributed by atoms with Crippen molar-refractivity contribution in [1.29, 1.82) is 0 Å². The molecule has 68 heavy (non-hydrogen) atoms. The molecule has 0 saturated carbocycles. The van der Waals surface area contributed by atoms with E-state index in [0.29, 0.717) is 0 Å². The summed E-state index contributed by atoms with van der Waals surface area (Å²) in [6.07, 6.45) is 24.1. The van der Waals surface area contributed by atoms with Crippen LogP contribution < -0.4 is 0 Å². The number of rotatable bonds is 4. The third-order valence-corrected chi connectivity index (χ3v) is 15.9. The molecule has 0 unspecified atom stereocenters. The van der Waals surface area contributed by atoms with Crippen molar-refractivity contribution < 1.29 is 0 Å². The Morgan fingerprint density at radius 2 is 1.03 bits per heavy atom. The molecule has 0 aliphatic heterocycles. The Hall–Kier alpha value is -7.80. The Labute approximate surface area is 401 Å². The first kappa shape index (κ1) is 40.5. The number of hydrogen-bond donors (Lipinski definition) is 0. The van der Waals surface area contributed by atoms with Crippen molar-refractivity contribution in [1.82, 2.24) is 0 Å². The fraction of sp³-hybridized carbons (Fsp3) is 0.118. The summed E-state index contributed by atoms with van der Waals surface area (Å²) in [5.41, 5.74) is 28.1. The molecule has 0 N–H and O–H groups in total. The van der Waals surface area contributed by atoms with Crippen molar-refractivity contribution in [2.45, 2.75) is 49.9 Å². The van der Waals surface area contributed by atoms with Gasteiger partial charge in [-0.1, -0.05) is 225 Å². The Morgan fingerprint density at radius 1 is 0.515 bits per heavy atom. The molecule has 0 radical (unpaired) electrons. The standard InChI is InChI=1S/C68H52/c1-45(47-22-4-3-5-23-47)42-51(48-24-6-7-25-48)44-50-27-9-15-39-64-65(43-46(2)66-52-28-10-8-26-49(52)40-41-53(50)66)68(60-35-18-13-31-56(60)57-32-14-19-36-61(57)68)63-38-21-20-37-62(63)67(64)58-33-16-11-29-54(58)55-30-12-17-34-59(55)67/h3-8,10-24,26,28-39,42-44H,1,9,25,27,40-41H2,2H3/b39-15?,46-43+,50-44+,51-42+. The topological polar surface area (TPSA) is 0 Å². The molecule has 2 spiro atoms. The largest absolute Gasteiger partial charge is 0.0911 e. The quantitative estimate of drug-likeness (QED) is 0.155. The minimum absolute atomic E-state index is 0.561. The molecule has 324 valence electrons. The maximum atomic E-state index is 4.63. The third-order valence-electron chi connectivity index (χ3n) is 15.9. The van der Waals surface area contributed by atoms with E-state index in [1.807, 2.05) is 0 Å². The smallest absolute Gasteiger partial charge is 0.0720 e. The fourth-order valence-corrected chi connectivity index (χ4v) is 13.2. The third kappa shape index (κ3) is 5.80. The molecule has 6 aliphatic rings. The molecule has 0 heteroatoms. The molecule has 0 heterocycles. The summed E-state index contributed by atoms with van der Waals surface area (Å²) in [5.74, 6) is 0. The molecular formula is C68H52. The van der Waals surface area contributed by atoms with Crippen LogP contribution in [0.3, 0.4) is 0 Å². The second kappa shape index (κ2) is 15.9. The Kier molecular flexibility index (Phi) is 9.48. The molecule has 0 fully saturated rings. The van der Waals surface area contributed by atoms with Crippen molar-refractivity contribution in [2.75, 3.05) is 0 Å². The summed E-state index contributed by atoms with van der Waals surface area (Å²) < 4.78 is 0. The molecule has 0 saturated heterocycles. The van der Waals surface area contributed by atoms with E-state index < -0.39 is 10.8 Å². The van der Waals surface area contributed by atoms with Gasteiger partial charge >= 0.3 is 0 Å². The summed E-state index contributed by atoms with van der Waals surface area (Å²) in [6, 6.07) is 66.4. The lowest BCUT2D eigenvalue weighted by Crippen LogP contribution is -2.43. The molecule has 0 aromatic heterocycles. The fourth-order valence-electron chi connectivity index (χ4n) is 13.2. The normalized spacial score (nSPS) is 19.2. The highest BCUT2D eigenvalue weighted by Gasteiger charge is 2.59. The van der Waals surface area contributed by atoms with Gasteiger partial charge in [0.2, 0.25) is 0 Å². The van der Waals surface area contributed by atoms with Crippen molar-refractivity contribution in [2.24, 2.45) is 0 Å². The Bertz CT molecular complexity index is 3450. The SMILES string of the molecule is C=C(/C=C(\C=C1/CCC=CC2=C(/C=C(\C)C3=C1CCc1ccccc13)C1(c3ccccc3-c3ccccc31)c1ccccc1C21c2ccccc2-c2ccccc21)C1=CC=CC1)c1ccccc1. The molecular weight excluding hydrogens is 817 g/mol. The number of fused-ring (bicyclic) bond motifs is 17. The number of allylic oxidation sites excluding steroid dienone is 17. The van der Waals surface area contributed by atoms with Gasteiger partial charge in [-0.05, 0) is 168 Å². The lowest BCUT2D eigenvalue weighted by Gasteiger charge is -2.49. The lowest BCUT2D eigenvalue weighted by atomic mass is 9.52. The zero-order chi connectivity index (χ0) is 45.4. The number of aryl methyl sites for hydroxylation is 1. The van der Waals surface area contributed by atoms with E-state index in [1.54, 1.807) is 0 Å². The monoisotopic (exact) mass is 868 g/mol. The zero-order valence-corrected chi connectivity index (χ0v) is 38.6. The van der Waals surface area contributed by atoms with Crippen LogP contribution in [0.15, 0.2) is 270 Å². The molecule has 13 rings (SSSR count). The van der Waals surface area contributed by atoms with Crippen LogP contribution in [0.4, 0.5) is 0 Å². The van der Waals surface area contributed by atoms with E-state index >= 15 is 0 Å². The Morgan fingerprint density at radius 3 is 1.60 bits per heavy atom.